The summed E-state index contributed by atoms with van der Waals surface area (Å²) >= 11 is 0. The molecule has 1 rings (SSSR count). The summed E-state index contributed by atoms with van der Waals surface area (Å²) in [4.78, 5) is 0. The molecule has 0 spiro atoms. The lowest BCUT2D eigenvalue weighted by molar-refractivity contribution is 0.398. The van der Waals surface area contributed by atoms with Gasteiger partial charge >= 0.3 is 0 Å². The number of ether oxygens (including phenoxy) is 2. The molecule has 0 saturated carbocycles. The van der Waals surface area contributed by atoms with E-state index in [-0.39, 0.29) is 0 Å². The molecule has 0 saturated heterocycles. The van der Waals surface area contributed by atoms with E-state index in [2.05, 4.69) is 0 Å². The van der Waals surface area contributed by atoms with Gasteiger partial charge < -0.3 is 15.2 Å². The molecule has 0 atom stereocenters. The summed E-state index contributed by atoms with van der Waals surface area (Å²) in [7, 11) is 3.18. The summed E-state index contributed by atoms with van der Waals surface area (Å²) in [6.07, 6.45) is 0. The number of anilines is 1. The van der Waals surface area contributed by atoms with E-state index in [1.807, 2.05) is 19.1 Å². The van der Waals surface area contributed by atoms with E-state index in [0.29, 0.717) is 17.2 Å². The molecule has 0 bridgehead atoms. The number of hydrogen-bond donors (Lipinski definition) is 1. The summed E-state index contributed by atoms with van der Waals surface area (Å²) < 4.78 is 10.1. The van der Waals surface area contributed by atoms with Crippen molar-refractivity contribution in [3.63, 3.8) is 0 Å². The number of nitrogens with two attached hydrogens (primary N) is 1. The Balaban J connectivity index is 3.22. The quantitative estimate of drug-likeness (QED) is 0.680. The first-order valence-corrected chi connectivity index (χ1v) is 3.67. The lowest BCUT2D eigenvalue weighted by Gasteiger charge is -2.09. The first-order chi connectivity index (χ1) is 5.69. The lowest BCUT2D eigenvalue weighted by atomic mass is 10.2. The minimum atomic E-state index is 0.547. The second-order valence-electron chi connectivity index (χ2n) is 2.58. The van der Waals surface area contributed by atoms with Crippen LogP contribution in [-0.4, -0.2) is 14.2 Å². The monoisotopic (exact) mass is 167 g/mol. The number of methoxy groups -OCH3 is 2. The average Bonchev–Trinajstić information content (AvgIpc) is 2.08. The zero-order chi connectivity index (χ0) is 9.14. The Morgan fingerprint density at radius 3 is 1.83 bits per heavy atom. The maximum atomic E-state index is 5.72. The zero-order valence-corrected chi connectivity index (χ0v) is 7.55. The van der Waals surface area contributed by atoms with E-state index < -0.39 is 0 Å². The van der Waals surface area contributed by atoms with E-state index in [4.69, 9.17) is 15.2 Å². The minimum Gasteiger partial charge on any atom is -0.494 e. The van der Waals surface area contributed by atoms with Crippen LogP contribution in [-0.2, 0) is 0 Å². The fourth-order valence-electron chi connectivity index (χ4n) is 1.07. The molecule has 1 aromatic carbocycles. The first kappa shape index (κ1) is 8.71. The predicted octanol–water partition coefficient (Wildman–Crippen LogP) is 1.59. The molecule has 0 radical (unpaired) electrons. The van der Waals surface area contributed by atoms with Crippen LogP contribution in [0.25, 0.3) is 0 Å². The van der Waals surface area contributed by atoms with Gasteiger partial charge in [0.2, 0.25) is 0 Å². The molecule has 0 amide bonds. The second-order valence-corrected chi connectivity index (χ2v) is 2.58. The van der Waals surface area contributed by atoms with Crippen LogP contribution in [0.3, 0.4) is 0 Å². The highest BCUT2D eigenvalue weighted by Gasteiger charge is 2.06. The van der Waals surface area contributed by atoms with Gasteiger partial charge in [0.15, 0.2) is 0 Å². The third kappa shape index (κ3) is 1.44. The van der Waals surface area contributed by atoms with Crippen molar-refractivity contribution in [3.8, 4) is 11.5 Å². The molecule has 0 heterocycles. The Labute approximate surface area is 72.1 Å². The fourth-order valence-corrected chi connectivity index (χ4v) is 1.07. The number of aryl methyl sites for hydroxylation is 1. The Morgan fingerprint density at radius 2 is 1.50 bits per heavy atom. The van der Waals surface area contributed by atoms with Gasteiger partial charge in [-0.1, -0.05) is 0 Å². The summed E-state index contributed by atoms with van der Waals surface area (Å²) in [6.45, 7) is 1.96. The molecule has 0 aliphatic heterocycles. The third-order valence-corrected chi connectivity index (χ3v) is 1.69. The molecule has 3 heteroatoms. The van der Waals surface area contributed by atoms with Gasteiger partial charge in [-0.3, -0.25) is 0 Å². The third-order valence-electron chi connectivity index (χ3n) is 1.69. The molecular formula is C9H13NO2. The van der Waals surface area contributed by atoms with Crippen LogP contribution < -0.4 is 15.2 Å². The highest BCUT2D eigenvalue weighted by Crippen LogP contribution is 2.32. The highest BCUT2D eigenvalue weighted by atomic mass is 16.5. The largest absolute Gasteiger partial charge is 0.494 e. The van der Waals surface area contributed by atoms with Crippen molar-refractivity contribution in [1.82, 2.24) is 0 Å². The van der Waals surface area contributed by atoms with Crippen LogP contribution in [0.4, 0.5) is 5.69 Å². The van der Waals surface area contributed by atoms with Crippen LogP contribution in [0.5, 0.6) is 11.5 Å². The molecule has 12 heavy (non-hydrogen) atoms. The maximum absolute atomic E-state index is 5.72. The van der Waals surface area contributed by atoms with Crippen molar-refractivity contribution in [2.75, 3.05) is 20.0 Å². The Bertz CT molecular complexity index is 259. The lowest BCUT2D eigenvalue weighted by Crippen LogP contribution is -1.97. The summed E-state index contributed by atoms with van der Waals surface area (Å²) in [5.41, 5.74) is 7.34. The molecule has 0 aromatic heterocycles. The fraction of sp³-hybridized carbons (Fsp3) is 0.333. The van der Waals surface area contributed by atoms with Crippen molar-refractivity contribution >= 4 is 5.69 Å². The topological polar surface area (TPSA) is 44.5 Å². The Kier molecular flexibility index (Phi) is 2.43. The molecule has 0 aliphatic carbocycles. The summed E-state index contributed by atoms with van der Waals surface area (Å²) in [6, 6.07) is 3.75. The van der Waals surface area contributed by atoms with Gasteiger partial charge in [-0.2, -0.15) is 0 Å². The van der Waals surface area contributed by atoms with Gasteiger partial charge in [-0.15, -0.1) is 0 Å². The SMILES string of the molecule is COc1cc(C)cc(OC)c1N. The number of rotatable bonds is 2. The minimum absolute atomic E-state index is 0.547. The van der Waals surface area contributed by atoms with Gasteiger partial charge in [-0.05, 0) is 24.6 Å². The van der Waals surface area contributed by atoms with Crippen LogP contribution in [0, 0.1) is 6.92 Å². The number of nitrogen functional groups attached to an aromatic ring is 1. The van der Waals surface area contributed by atoms with E-state index >= 15 is 0 Å². The van der Waals surface area contributed by atoms with Crippen molar-refractivity contribution < 1.29 is 9.47 Å². The molecule has 0 unspecified atom stereocenters. The standard InChI is InChI=1S/C9H13NO2/c1-6-4-7(11-2)9(10)8(5-6)12-3/h4-5H,10H2,1-3H3. The van der Waals surface area contributed by atoms with Gasteiger partial charge in [0, 0.05) is 0 Å². The molecule has 2 N–H and O–H groups in total. The maximum Gasteiger partial charge on any atom is 0.145 e. The predicted molar refractivity (Wildman–Crippen MR) is 48.7 cm³/mol. The summed E-state index contributed by atoms with van der Waals surface area (Å²) in [5, 5.41) is 0. The van der Waals surface area contributed by atoms with Crippen molar-refractivity contribution in [1.29, 1.82) is 0 Å². The van der Waals surface area contributed by atoms with Crippen LogP contribution in [0.1, 0.15) is 5.56 Å². The van der Waals surface area contributed by atoms with E-state index in [1.165, 1.54) is 0 Å². The van der Waals surface area contributed by atoms with E-state index in [0.717, 1.165) is 5.56 Å². The number of benzene rings is 1. The van der Waals surface area contributed by atoms with E-state index in [1.54, 1.807) is 14.2 Å². The molecule has 3 nitrogen and oxygen atoms in total. The zero-order valence-electron chi connectivity index (χ0n) is 7.55. The van der Waals surface area contributed by atoms with Gasteiger partial charge in [0.1, 0.15) is 17.2 Å². The second kappa shape index (κ2) is 3.34. The molecular weight excluding hydrogens is 154 g/mol. The molecule has 0 fully saturated rings. The first-order valence-electron chi connectivity index (χ1n) is 3.67. The highest BCUT2D eigenvalue weighted by molar-refractivity contribution is 5.64. The van der Waals surface area contributed by atoms with Crippen LogP contribution in [0.15, 0.2) is 12.1 Å². The van der Waals surface area contributed by atoms with Gasteiger partial charge in [0.25, 0.3) is 0 Å². The van der Waals surface area contributed by atoms with Crippen molar-refractivity contribution in [2.24, 2.45) is 0 Å². The van der Waals surface area contributed by atoms with Gasteiger partial charge in [0.05, 0.1) is 14.2 Å². The molecule has 66 valence electrons. The number of hydrogen-bond acceptors (Lipinski definition) is 3. The van der Waals surface area contributed by atoms with Crippen molar-refractivity contribution in [3.05, 3.63) is 17.7 Å². The van der Waals surface area contributed by atoms with Crippen molar-refractivity contribution in [2.45, 2.75) is 6.92 Å². The van der Waals surface area contributed by atoms with Crippen LogP contribution >= 0.6 is 0 Å². The van der Waals surface area contributed by atoms with E-state index in [9.17, 15) is 0 Å². The molecule has 0 aliphatic rings. The Hall–Kier alpha value is -1.38. The summed E-state index contributed by atoms with van der Waals surface area (Å²) in [5.74, 6) is 1.32. The Morgan fingerprint density at radius 1 is 1.08 bits per heavy atom. The smallest absolute Gasteiger partial charge is 0.145 e. The van der Waals surface area contributed by atoms with Crippen LogP contribution in [0.2, 0.25) is 0 Å². The molecule has 1 aromatic rings. The normalized spacial score (nSPS) is 9.58. The van der Waals surface area contributed by atoms with Gasteiger partial charge in [-0.25, -0.2) is 0 Å². The average molecular weight is 167 g/mol.